The van der Waals surface area contributed by atoms with E-state index in [1.165, 1.54) is 24.2 Å². The van der Waals surface area contributed by atoms with Crippen LogP contribution in [0, 0.1) is 19.7 Å². The summed E-state index contributed by atoms with van der Waals surface area (Å²) in [4.78, 5) is 32.8. The van der Waals surface area contributed by atoms with Gasteiger partial charge in [-0.1, -0.05) is 31.4 Å². The van der Waals surface area contributed by atoms with Crippen molar-refractivity contribution in [1.82, 2.24) is 9.47 Å². The molecule has 2 aromatic carbocycles. The van der Waals surface area contributed by atoms with Gasteiger partial charge in [-0.2, -0.15) is 0 Å². The summed E-state index contributed by atoms with van der Waals surface area (Å²) in [5, 5.41) is 0.534. The SMILES string of the molecule is CCOC(=O)c1ccc(-n2c(C)cc(/C=C3\SC(=Nc4ccccc4F)N(C4CCCCC4)C3=O)c2C)cc1. The van der Waals surface area contributed by atoms with Crippen molar-refractivity contribution in [1.29, 1.82) is 0 Å². The molecule has 2 heterocycles. The van der Waals surface area contributed by atoms with Gasteiger partial charge in [0.1, 0.15) is 11.5 Å². The highest BCUT2D eigenvalue weighted by Crippen LogP contribution is 2.39. The van der Waals surface area contributed by atoms with Gasteiger partial charge in [0.2, 0.25) is 0 Å². The normalized spacial score (nSPS) is 18.4. The molecule has 0 unspecified atom stereocenters. The van der Waals surface area contributed by atoms with Gasteiger partial charge >= 0.3 is 5.97 Å². The molecule has 0 atom stereocenters. The molecule has 39 heavy (non-hydrogen) atoms. The number of para-hydroxylation sites is 1. The Morgan fingerprint density at radius 2 is 1.82 bits per heavy atom. The Balaban J connectivity index is 1.48. The Labute approximate surface area is 232 Å². The van der Waals surface area contributed by atoms with Gasteiger partial charge < -0.3 is 9.30 Å². The molecule has 0 bridgehead atoms. The van der Waals surface area contributed by atoms with Crippen molar-refractivity contribution in [3.05, 3.63) is 87.8 Å². The molecule has 6 nitrogen and oxygen atoms in total. The molecule has 5 rings (SSSR count). The van der Waals surface area contributed by atoms with Gasteiger partial charge in [-0.3, -0.25) is 9.69 Å². The van der Waals surface area contributed by atoms with Gasteiger partial charge in [-0.05, 0) is 99.5 Å². The van der Waals surface area contributed by atoms with Crippen molar-refractivity contribution in [2.45, 2.75) is 58.9 Å². The Morgan fingerprint density at radius 1 is 1.10 bits per heavy atom. The second kappa shape index (κ2) is 11.6. The van der Waals surface area contributed by atoms with E-state index >= 15 is 0 Å². The van der Waals surface area contributed by atoms with Crippen LogP contribution >= 0.6 is 11.8 Å². The topological polar surface area (TPSA) is 63.9 Å². The Hall–Kier alpha value is -3.65. The van der Waals surface area contributed by atoms with Gasteiger partial charge in [0.25, 0.3) is 5.91 Å². The first-order valence-corrected chi connectivity index (χ1v) is 14.2. The number of amidine groups is 1. The number of thioether (sulfide) groups is 1. The largest absolute Gasteiger partial charge is 0.462 e. The van der Waals surface area contributed by atoms with E-state index in [2.05, 4.69) is 9.56 Å². The fourth-order valence-corrected chi connectivity index (χ4v) is 6.35. The van der Waals surface area contributed by atoms with E-state index in [9.17, 15) is 14.0 Å². The Kier molecular flexibility index (Phi) is 8.02. The van der Waals surface area contributed by atoms with Crippen LogP contribution in [0.4, 0.5) is 10.1 Å². The molecule has 202 valence electrons. The Bertz CT molecular complexity index is 1450. The number of benzene rings is 2. The summed E-state index contributed by atoms with van der Waals surface area (Å²) in [6, 6.07) is 15.8. The molecule has 1 saturated carbocycles. The van der Waals surface area contributed by atoms with Crippen LogP contribution in [-0.2, 0) is 9.53 Å². The van der Waals surface area contributed by atoms with Crippen LogP contribution in [0.15, 0.2) is 64.5 Å². The molecule has 1 amide bonds. The lowest BCUT2D eigenvalue weighted by molar-refractivity contribution is -0.124. The zero-order valence-electron chi connectivity index (χ0n) is 22.4. The number of hydrogen-bond donors (Lipinski definition) is 0. The predicted octanol–water partition coefficient (Wildman–Crippen LogP) is 7.35. The summed E-state index contributed by atoms with van der Waals surface area (Å²) in [7, 11) is 0. The van der Waals surface area contributed by atoms with Crippen molar-refractivity contribution in [3.63, 3.8) is 0 Å². The predicted molar refractivity (Wildman–Crippen MR) is 154 cm³/mol. The van der Waals surface area contributed by atoms with Crippen molar-refractivity contribution in [2.24, 2.45) is 4.99 Å². The number of esters is 1. The van der Waals surface area contributed by atoms with E-state index in [1.54, 1.807) is 42.2 Å². The molecule has 3 aromatic rings. The molecule has 1 aliphatic carbocycles. The average molecular weight is 546 g/mol. The highest BCUT2D eigenvalue weighted by atomic mass is 32.2. The maximum Gasteiger partial charge on any atom is 0.338 e. The van der Waals surface area contributed by atoms with E-state index in [4.69, 9.17) is 4.74 Å². The maximum atomic E-state index is 14.5. The first-order chi connectivity index (χ1) is 18.9. The Morgan fingerprint density at radius 3 is 2.51 bits per heavy atom. The molecular formula is C31H32FN3O3S. The van der Waals surface area contributed by atoms with E-state index < -0.39 is 5.82 Å². The molecule has 2 aliphatic rings. The van der Waals surface area contributed by atoms with Crippen molar-refractivity contribution in [2.75, 3.05) is 6.61 Å². The number of ether oxygens (including phenoxy) is 1. The zero-order valence-corrected chi connectivity index (χ0v) is 23.3. The standard InChI is InChI=1S/C31H32FN3O3S/c1-4-38-30(37)22-14-16-25(17-15-22)34-20(2)18-23(21(34)3)19-28-29(36)35(24-10-6-5-7-11-24)31(39-28)33-27-13-9-8-12-26(27)32/h8-9,12-19,24H,4-7,10-11H2,1-3H3/b28-19-,33-31?. The first kappa shape index (κ1) is 26.9. The number of amides is 1. The lowest BCUT2D eigenvalue weighted by Gasteiger charge is -2.30. The smallest absolute Gasteiger partial charge is 0.338 e. The molecule has 1 aromatic heterocycles. The third kappa shape index (κ3) is 5.57. The number of aromatic nitrogens is 1. The molecule has 0 radical (unpaired) electrons. The molecular weight excluding hydrogens is 513 g/mol. The number of aryl methyl sites for hydroxylation is 1. The lowest BCUT2D eigenvalue weighted by atomic mass is 9.94. The quantitative estimate of drug-likeness (QED) is 0.240. The summed E-state index contributed by atoms with van der Waals surface area (Å²) in [5.74, 6) is -0.829. The number of nitrogens with zero attached hydrogens (tertiary/aromatic N) is 3. The fraction of sp³-hybridized carbons (Fsp3) is 0.323. The number of hydrogen-bond acceptors (Lipinski definition) is 5. The monoisotopic (exact) mass is 545 g/mol. The van der Waals surface area contributed by atoms with Crippen LogP contribution in [0.25, 0.3) is 11.8 Å². The third-order valence-electron chi connectivity index (χ3n) is 7.24. The second-order valence-corrected chi connectivity index (χ2v) is 10.9. The number of carbonyl (C=O) groups is 2. The van der Waals surface area contributed by atoms with Gasteiger partial charge in [-0.25, -0.2) is 14.2 Å². The fourth-order valence-electron chi connectivity index (χ4n) is 5.30. The lowest BCUT2D eigenvalue weighted by Crippen LogP contribution is -2.40. The van der Waals surface area contributed by atoms with Gasteiger partial charge in [0.05, 0.1) is 17.1 Å². The number of carbonyl (C=O) groups excluding carboxylic acids is 2. The molecule has 0 spiro atoms. The molecule has 1 aliphatic heterocycles. The van der Waals surface area contributed by atoms with Crippen LogP contribution < -0.4 is 0 Å². The van der Waals surface area contributed by atoms with Crippen LogP contribution in [-0.4, -0.2) is 39.2 Å². The summed E-state index contributed by atoms with van der Waals surface area (Å²) in [6.07, 6.45) is 7.07. The van der Waals surface area contributed by atoms with Gasteiger partial charge in [-0.15, -0.1) is 0 Å². The molecule has 8 heteroatoms. The maximum absolute atomic E-state index is 14.5. The van der Waals surface area contributed by atoms with Crippen molar-refractivity contribution < 1.29 is 18.7 Å². The summed E-state index contributed by atoms with van der Waals surface area (Å²) in [5.41, 5.74) is 4.55. The zero-order chi connectivity index (χ0) is 27.5. The minimum atomic E-state index is -0.406. The van der Waals surface area contributed by atoms with Gasteiger partial charge in [0, 0.05) is 23.1 Å². The summed E-state index contributed by atoms with van der Waals surface area (Å²) in [6.45, 7) is 6.13. The number of aliphatic imine (C=N–C) groups is 1. The highest BCUT2D eigenvalue weighted by molar-refractivity contribution is 8.18. The number of rotatable bonds is 6. The van der Waals surface area contributed by atoms with E-state index in [-0.39, 0.29) is 23.6 Å². The first-order valence-electron chi connectivity index (χ1n) is 13.4. The summed E-state index contributed by atoms with van der Waals surface area (Å²) >= 11 is 1.31. The molecule has 0 N–H and O–H groups in total. The molecule has 2 fully saturated rings. The van der Waals surface area contributed by atoms with Crippen LogP contribution in [0.1, 0.15) is 66.3 Å². The van der Waals surface area contributed by atoms with Crippen LogP contribution in [0.3, 0.4) is 0 Å². The van der Waals surface area contributed by atoms with Gasteiger partial charge in [0.15, 0.2) is 5.17 Å². The van der Waals surface area contributed by atoms with Crippen LogP contribution in [0.2, 0.25) is 0 Å². The second-order valence-electron chi connectivity index (χ2n) is 9.85. The average Bonchev–Trinajstić information content (AvgIpc) is 3.40. The van der Waals surface area contributed by atoms with Crippen molar-refractivity contribution in [3.8, 4) is 5.69 Å². The minimum absolute atomic E-state index is 0.0699. The van der Waals surface area contributed by atoms with Crippen LogP contribution in [0.5, 0.6) is 0 Å². The van der Waals surface area contributed by atoms with Crippen molar-refractivity contribution >= 4 is 40.6 Å². The highest BCUT2D eigenvalue weighted by Gasteiger charge is 2.39. The summed E-state index contributed by atoms with van der Waals surface area (Å²) < 4.78 is 21.6. The van der Waals surface area contributed by atoms with E-state index in [0.717, 1.165) is 48.3 Å². The van der Waals surface area contributed by atoms with E-state index in [1.807, 2.05) is 38.1 Å². The minimum Gasteiger partial charge on any atom is -0.462 e. The van der Waals surface area contributed by atoms with E-state index in [0.29, 0.717) is 22.2 Å². The third-order valence-corrected chi connectivity index (χ3v) is 8.22. The number of halogens is 1. The molecule has 1 saturated heterocycles.